The minimum atomic E-state index is -0.174. The lowest BCUT2D eigenvalue weighted by Gasteiger charge is -2.26. The summed E-state index contributed by atoms with van der Waals surface area (Å²) in [6.07, 6.45) is 2.61. The molecule has 2 heterocycles. The van der Waals surface area contributed by atoms with E-state index >= 15 is 0 Å². The molecule has 1 saturated heterocycles. The van der Waals surface area contributed by atoms with Gasteiger partial charge in [-0.1, -0.05) is 0 Å². The fourth-order valence-electron chi connectivity index (χ4n) is 4.08. The van der Waals surface area contributed by atoms with Crippen molar-refractivity contribution >= 4 is 39.9 Å². The van der Waals surface area contributed by atoms with Crippen LogP contribution in [-0.4, -0.2) is 79.8 Å². The van der Waals surface area contributed by atoms with E-state index in [-0.39, 0.29) is 18.2 Å². The van der Waals surface area contributed by atoms with E-state index in [0.29, 0.717) is 36.2 Å². The standard InChI is InChI=1S/C27H34N6O5/c1-19(34)28-9-8-26(35)31-20-4-6-21(7-5-20)32-27-22-16-24(36-2)25(17-23(22)29-18-30-27)38-13-3-10-33-11-14-37-15-12-33/h4-7,16-18H,3,8-15H2,1-2H3,(H,28,34)(H,31,35)(H,29,30,32). The van der Waals surface area contributed by atoms with Crippen LogP contribution < -0.4 is 25.4 Å². The molecule has 3 N–H and O–H groups in total. The number of methoxy groups -OCH3 is 1. The fourth-order valence-corrected chi connectivity index (χ4v) is 4.08. The summed E-state index contributed by atoms with van der Waals surface area (Å²) in [4.78, 5) is 34.2. The number of fused-ring (bicyclic) bond motifs is 1. The van der Waals surface area contributed by atoms with Crippen LogP contribution in [0.3, 0.4) is 0 Å². The van der Waals surface area contributed by atoms with Crippen LogP contribution in [0.15, 0.2) is 42.7 Å². The van der Waals surface area contributed by atoms with Crippen molar-refractivity contribution in [3.05, 3.63) is 42.7 Å². The maximum atomic E-state index is 12.0. The Hall–Kier alpha value is -3.96. The zero-order valence-corrected chi connectivity index (χ0v) is 21.8. The predicted molar refractivity (Wildman–Crippen MR) is 145 cm³/mol. The highest BCUT2D eigenvalue weighted by Gasteiger charge is 2.13. The number of rotatable bonds is 12. The molecule has 0 radical (unpaired) electrons. The van der Waals surface area contributed by atoms with Crippen LogP contribution in [0, 0.1) is 0 Å². The average Bonchev–Trinajstić information content (AvgIpc) is 2.92. The Morgan fingerprint density at radius 1 is 1.05 bits per heavy atom. The average molecular weight is 523 g/mol. The Kier molecular flexibility index (Phi) is 9.65. The number of benzene rings is 2. The Balaban J connectivity index is 1.37. The van der Waals surface area contributed by atoms with Gasteiger partial charge in [0.15, 0.2) is 11.5 Å². The van der Waals surface area contributed by atoms with Gasteiger partial charge in [0.25, 0.3) is 0 Å². The molecular formula is C27H34N6O5. The minimum Gasteiger partial charge on any atom is -0.493 e. The summed E-state index contributed by atoms with van der Waals surface area (Å²) in [6.45, 7) is 6.76. The van der Waals surface area contributed by atoms with E-state index in [1.165, 1.54) is 13.3 Å². The Bertz CT molecular complexity index is 1230. The smallest absolute Gasteiger partial charge is 0.226 e. The van der Waals surface area contributed by atoms with Gasteiger partial charge in [-0.25, -0.2) is 9.97 Å². The molecule has 1 fully saturated rings. The third-order valence-corrected chi connectivity index (χ3v) is 6.06. The lowest BCUT2D eigenvalue weighted by atomic mass is 10.2. The second kappa shape index (κ2) is 13.5. The van der Waals surface area contributed by atoms with Gasteiger partial charge in [0.1, 0.15) is 12.1 Å². The van der Waals surface area contributed by atoms with E-state index < -0.39 is 0 Å². The monoisotopic (exact) mass is 522 g/mol. The van der Waals surface area contributed by atoms with Crippen molar-refractivity contribution in [2.24, 2.45) is 0 Å². The first-order valence-electron chi connectivity index (χ1n) is 12.7. The molecule has 2 amide bonds. The molecule has 11 nitrogen and oxygen atoms in total. The van der Waals surface area contributed by atoms with Crippen molar-refractivity contribution in [2.75, 3.05) is 63.7 Å². The molecule has 11 heteroatoms. The van der Waals surface area contributed by atoms with Gasteiger partial charge < -0.3 is 30.2 Å². The van der Waals surface area contributed by atoms with Crippen molar-refractivity contribution in [2.45, 2.75) is 19.8 Å². The summed E-state index contributed by atoms with van der Waals surface area (Å²) >= 11 is 0. The van der Waals surface area contributed by atoms with Crippen molar-refractivity contribution in [1.82, 2.24) is 20.2 Å². The zero-order chi connectivity index (χ0) is 26.7. The molecule has 1 aliphatic rings. The molecule has 38 heavy (non-hydrogen) atoms. The molecule has 3 aromatic rings. The van der Waals surface area contributed by atoms with Crippen LogP contribution >= 0.6 is 0 Å². The van der Waals surface area contributed by atoms with E-state index in [4.69, 9.17) is 14.2 Å². The summed E-state index contributed by atoms with van der Waals surface area (Å²) in [5.41, 5.74) is 2.19. The van der Waals surface area contributed by atoms with E-state index in [2.05, 4.69) is 30.8 Å². The number of morpholine rings is 1. The Morgan fingerprint density at radius 2 is 1.82 bits per heavy atom. The number of aromatic nitrogens is 2. The zero-order valence-electron chi connectivity index (χ0n) is 21.8. The van der Waals surface area contributed by atoms with Crippen molar-refractivity contribution in [3.63, 3.8) is 0 Å². The third kappa shape index (κ3) is 7.77. The largest absolute Gasteiger partial charge is 0.493 e. The molecule has 2 aromatic carbocycles. The molecule has 0 bridgehead atoms. The molecular weight excluding hydrogens is 488 g/mol. The summed E-state index contributed by atoms with van der Waals surface area (Å²) in [5, 5.41) is 9.52. The Morgan fingerprint density at radius 3 is 2.55 bits per heavy atom. The van der Waals surface area contributed by atoms with Crippen LogP contribution in [0.1, 0.15) is 19.8 Å². The minimum absolute atomic E-state index is 0.161. The number of ether oxygens (including phenoxy) is 3. The number of carbonyl (C=O) groups excluding carboxylic acids is 2. The molecule has 1 aliphatic heterocycles. The molecule has 0 atom stereocenters. The number of nitrogens with zero attached hydrogens (tertiary/aromatic N) is 3. The lowest BCUT2D eigenvalue weighted by Crippen LogP contribution is -2.37. The van der Waals surface area contributed by atoms with Gasteiger partial charge in [-0.3, -0.25) is 14.5 Å². The molecule has 202 valence electrons. The van der Waals surface area contributed by atoms with Gasteiger partial charge in [-0.05, 0) is 36.8 Å². The van der Waals surface area contributed by atoms with Gasteiger partial charge in [-0.15, -0.1) is 0 Å². The highest BCUT2D eigenvalue weighted by molar-refractivity contribution is 5.94. The highest BCUT2D eigenvalue weighted by atomic mass is 16.5. The first-order chi connectivity index (χ1) is 18.5. The summed E-state index contributed by atoms with van der Waals surface area (Å²) in [7, 11) is 1.61. The number of anilines is 3. The highest BCUT2D eigenvalue weighted by Crippen LogP contribution is 2.35. The fraction of sp³-hybridized carbons (Fsp3) is 0.407. The van der Waals surface area contributed by atoms with Crippen LogP contribution in [0.2, 0.25) is 0 Å². The topological polar surface area (TPSA) is 127 Å². The number of amides is 2. The van der Waals surface area contributed by atoms with Gasteiger partial charge in [-0.2, -0.15) is 0 Å². The van der Waals surface area contributed by atoms with Crippen LogP contribution in [-0.2, 0) is 14.3 Å². The molecule has 0 aliphatic carbocycles. The van der Waals surface area contributed by atoms with Gasteiger partial charge in [0, 0.05) is 62.4 Å². The predicted octanol–water partition coefficient (Wildman–Crippen LogP) is 2.95. The first kappa shape index (κ1) is 27.1. The van der Waals surface area contributed by atoms with Gasteiger partial charge >= 0.3 is 0 Å². The van der Waals surface area contributed by atoms with Gasteiger partial charge in [0.2, 0.25) is 11.8 Å². The molecule has 0 unspecified atom stereocenters. The molecule has 4 rings (SSSR count). The van der Waals surface area contributed by atoms with Crippen molar-refractivity contribution in [1.29, 1.82) is 0 Å². The number of hydrogen-bond acceptors (Lipinski definition) is 9. The van der Waals surface area contributed by atoms with Crippen molar-refractivity contribution < 1.29 is 23.8 Å². The maximum absolute atomic E-state index is 12.0. The van der Waals surface area contributed by atoms with Gasteiger partial charge in [0.05, 0.1) is 32.4 Å². The number of hydrogen-bond donors (Lipinski definition) is 3. The first-order valence-corrected chi connectivity index (χ1v) is 12.7. The second-order valence-electron chi connectivity index (χ2n) is 8.88. The summed E-state index contributed by atoms with van der Waals surface area (Å²) in [5.74, 6) is 1.54. The van der Waals surface area contributed by atoms with E-state index in [9.17, 15) is 9.59 Å². The second-order valence-corrected chi connectivity index (χ2v) is 8.88. The molecule has 0 spiro atoms. The number of nitrogens with one attached hydrogen (secondary N) is 3. The van der Waals surface area contributed by atoms with E-state index in [1.54, 1.807) is 19.2 Å². The summed E-state index contributed by atoms with van der Waals surface area (Å²) in [6, 6.07) is 11.0. The quantitative estimate of drug-likeness (QED) is 0.308. The summed E-state index contributed by atoms with van der Waals surface area (Å²) < 4.78 is 17.0. The normalized spacial score (nSPS) is 13.6. The van der Waals surface area contributed by atoms with E-state index in [0.717, 1.165) is 55.9 Å². The van der Waals surface area contributed by atoms with Crippen molar-refractivity contribution in [3.8, 4) is 11.5 Å². The Labute approximate surface area is 221 Å². The third-order valence-electron chi connectivity index (χ3n) is 6.06. The maximum Gasteiger partial charge on any atom is 0.226 e. The number of carbonyl (C=O) groups is 2. The molecule has 1 aromatic heterocycles. The lowest BCUT2D eigenvalue weighted by molar-refractivity contribution is -0.119. The SMILES string of the molecule is COc1cc2c(Nc3ccc(NC(=O)CCNC(C)=O)cc3)ncnc2cc1OCCCN1CCOCC1. The van der Waals surface area contributed by atoms with Crippen LogP contribution in [0.5, 0.6) is 11.5 Å². The van der Waals surface area contributed by atoms with Crippen LogP contribution in [0.25, 0.3) is 10.9 Å². The van der Waals surface area contributed by atoms with E-state index in [1.807, 2.05) is 24.3 Å². The van der Waals surface area contributed by atoms with Crippen LogP contribution in [0.4, 0.5) is 17.2 Å². The molecule has 0 saturated carbocycles.